The Morgan fingerprint density at radius 3 is 2.47 bits per heavy atom. The molecule has 2 aromatic carbocycles. The summed E-state index contributed by atoms with van der Waals surface area (Å²) in [5, 5.41) is 11.7. The van der Waals surface area contributed by atoms with Crippen LogP contribution in [0.1, 0.15) is 29.9 Å². The van der Waals surface area contributed by atoms with Gasteiger partial charge < -0.3 is 19.2 Å². The van der Waals surface area contributed by atoms with Gasteiger partial charge in [-0.1, -0.05) is 29.3 Å². The molecule has 164 valence electrons. The van der Waals surface area contributed by atoms with Crippen molar-refractivity contribution in [2.75, 3.05) is 6.61 Å². The molecule has 6 nitrogen and oxygen atoms in total. The van der Waals surface area contributed by atoms with Gasteiger partial charge in [-0.15, -0.1) is 0 Å². The van der Waals surface area contributed by atoms with E-state index in [-0.39, 0.29) is 22.9 Å². The van der Waals surface area contributed by atoms with Crippen LogP contribution in [0, 0.1) is 0 Å². The maximum atomic E-state index is 13.0. The third kappa shape index (κ3) is 4.11. The average molecular weight is 472 g/mol. The molecular formula is C24H19Cl2NO5. The topological polar surface area (TPSA) is 80.0 Å². The number of hydrogen-bond acceptors (Lipinski definition) is 5. The number of aliphatic hydroxyl groups excluding tert-OH is 1. The van der Waals surface area contributed by atoms with Crippen molar-refractivity contribution in [3.8, 4) is 5.75 Å². The van der Waals surface area contributed by atoms with Crippen LogP contribution in [-0.2, 0) is 16.1 Å². The van der Waals surface area contributed by atoms with Crippen LogP contribution < -0.4 is 4.74 Å². The molecule has 1 N–H and O–H groups in total. The number of furan rings is 1. The van der Waals surface area contributed by atoms with Gasteiger partial charge in [0.1, 0.15) is 17.3 Å². The van der Waals surface area contributed by atoms with Crippen LogP contribution in [0.25, 0.3) is 5.76 Å². The zero-order valence-electron chi connectivity index (χ0n) is 17.0. The Hall–Kier alpha value is -3.22. The summed E-state index contributed by atoms with van der Waals surface area (Å²) in [6, 6.07) is 14.0. The molecule has 0 spiro atoms. The monoisotopic (exact) mass is 471 g/mol. The second kappa shape index (κ2) is 9.10. The van der Waals surface area contributed by atoms with Crippen molar-refractivity contribution < 1.29 is 23.8 Å². The SMILES string of the molecule is CCOc1ccc(/C(O)=C2/C(=O)C(=O)N(Cc3ccco3)C2c2ccc(Cl)c(Cl)c2)cc1. The molecule has 1 aliphatic rings. The summed E-state index contributed by atoms with van der Waals surface area (Å²) < 4.78 is 10.8. The van der Waals surface area contributed by atoms with Crippen LogP contribution in [0.4, 0.5) is 0 Å². The largest absolute Gasteiger partial charge is 0.507 e. The summed E-state index contributed by atoms with van der Waals surface area (Å²) in [4.78, 5) is 27.4. The molecule has 1 amide bonds. The van der Waals surface area contributed by atoms with Crippen molar-refractivity contribution in [2.45, 2.75) is 19.5 Å². The second-order valence-electron chi connectivity index (χ2n) is 7.14. The van der Waals surface area contributed by atoms with E-state index in [1.54, 1.807) is 54.6 Å². The molecule has 8 heteroatoms. The maximum Gasteiger partial charge on any atom is 0.296 e. The first-order chi connectivity index (χ1) is 15.4. The second-order valence-corrected chi connectivity index (χ2v) is 7.95. The van der Waals surface area contributed by atoms with Crippen LogP contribution in [0.15, 0.2) is 70.9 Å². The van der Waals surface area contributed by atoms with Crippen LogP contribution in [0.3, 0.4) is 0 Å². The lowest BCUT2D eigenvalue weighted by molar-refractivity contribution is -0.140. The van der Waals surface area contributed by atoms with Crippen molar-refractivity contribution >= 4 is 40.7 Å². The summed E-state index contributed by atoms with van der Waals surface area (Å²) in [5.74, 6) is -0.699. The highest BCUT2D eigenvalue weighted by Crippen LogP contribution is 2.41. The maximum absolute atomic E-state index is 13.0. The number of likely N-dealkylation sites (tertiary alicyclic amines) is 1. The van der Waals surface area contributed by atoms with Gasteiger partial charge in [-0.2, -0.15) is 0 Å². The summed E-state index contributed by atoms with van der Waals surface area (Å²) in [5.41, 5.74) is 0.885. The molecular weight excluding hydrogens is 453 g/mol. The Morgan fingerprint density at radius 2 is 1.84 bits per heavy atom. The Bertz CT molecular complexity index is 1190. The van der Waals surface area contributed by atoms with Gasteiger partial charge in [0.05, 0.1) is 41.1 Å². The van der Waals surface area contributed by atoms with Gasteiger partial charge in [0.15, 0.2) is 0 Å². The Kier molecular flexibility index (Phi) is 6.26. The molecule has 1 saturated heterocycles. The molecule has 3 aromatic rings. The van der Waals surface area contributed by atoms with Crippen molar-refractivity contribution in [3.63, 3.8) is 0 Å². The fourth-order valence-electron chi connectivity index (χ4n) is 3.67. The number of hydrogen-bond donors (Lipinski definition) is 1. The summed E-state index contributed by atoms with van der Waals surface area (Å²) >= 11 is 12.3. The van der Waals surface area contributed by atoms with Crippen molar-refractivity contribution in [1.82, 2.24) is 4.90 Å². The fourth-order valence-corrected chi connectivity index (χ4v) is 3.98. The molecule has 0 radical (unpaired) electrons. The number of rotatable bonds is 6. The highest BCUT2D eigenvalue weighted by Gasteiger charge is 2.46. The van der Waals surface area contributed by atoms with E-state index < -0.39 is 17.7 Å². The Balaban J connectivity index is 1.84. The predicted octanol–water partition coefficient (Wildman–Crippen LogP) is 5.61. The van der Waals surface area contributed by atoms with Crippen LogP contribution in [0.5, 0.6) is 5.75 Å². The average Bonchev–Trinajstić information content (AvgIpc) is 3.38. The van der Waals surface area contributed by atoms with E-state index in [0.29, 0.717) is 34.3 Å². The van der Waals surface area contributed by atoms with Gasteiger partial charge in [-0.25, -0.2) is 0 Å². The minimum absolute atomic E-state index is 0.0379. The zero-order valence-corrected chi connectivity index (χ0v) is 18.6. The molecule has 4 rings (SSSR count). The standard InChI is InChI=1S/C24H19Cl2NO5/c1-2-31-16-8-5-14(6-9-16)22(28)20-21(15-7-10-18(25)19(26)12-15)27(24(30)23(20)29)13-17-4-3-11-32-17/h3-12,21,28H,2,13H2,1H3/b22-20-. The molecule has 1 atom stereocenters. The number of benzene rings is 2. The lowest BCUT2D eigenvalue weighted by Crippen LogP contribution is -2.29. The van der Waals surface area contributed by atoms with E-state index in [1.807, 2.05) is 6.92 Å². The number of Topliss-reactive ketones (excluding diaryl/α,β-unsaturated/α-hetero) is 1. The number of aliphatic hydroxyl groups is 1. The lowest BCUT2D eigenvalue weighted by atomic mass is 9.95. The van der Waals surface area contributed by atoms with E-state index in [2.05, 4.69) is 0 Å². The zero-order chi connectivity index (χ0) is 22.8. The molecule has 0 bridgehead atoms. The van der Waals surface area contributed by atoms with E-state index in [0.717, 1.165) is 0 Å². The van der Waals surface area contributed by atoms with Gasteiger partial charge in [0.2, 0.25) is 0 Å². The van der Waals surface area contributed by atoms with E-state index in [4.69, 9.17) is 32.4 Å². The number of ether oxygens (including phenoxy) is 1. The van der Waals surface area contributed by atoms with Crippen molar-refractivity contribution in [1.29, 1.82) is 0 Å². The first kappa shape index (κ1) is 22.0. The van der Waals surface area contributed by atoms with Gasteiger partial charge >= 0.3 is 0 Å². The Labute approximate surface area is 194 Å². The van der Waals surface area contributed by atoms with E-state index in [9.17, 15) is 14.7 Å². The third-order valence-corrected chi connectivity index (χ3v) is 5.88. The van der Waals surface area contributed by atoms with Crippen molar-refractivity contribution in [3.05, 3.63) is 93.4 Å². The lowest BCUT2D eigenvalue weighted by Gasteiger charge is -2.24. The van der Waals surface area contributed by atoms with Crippen LogP contribution in [-0.4, -0.2) is 28.3 Å². The normalized spacial score (nSPS) is 17.7. The predicted molar refractivity (Wildman–Crippen MR) is 121 cm³/mol. The molecule has 0 saturated carbocycles. The van der Waals surface area contributed by atoms with Gasteiger partial charge in [0, 0.05) is 5.56 Å². The summed E-state index contributed by atoms with van der Waals surface area (Å²) in [6.45, 7) is 2.41. The molecule has 32 heavy (non-hydrogen) atoms. The number of carbonyl (C=O) groups is 2. The summed E-state index contributed by atoms with van der Waals surface area (Å²) in [7, 11) is 0. The highest BCUT2D eigenvalue weighted by molar-refractivity contribution is 6.46. The molecule has 1 fully saturated rings. The third-order valence-electron chi connectivity index (χ3n) is 5.14. The van der Waals surface area contributed by atoms with Gasteiger partial charge in [0.25, 0.3) is 11.7 Å². The first-order valence-corrected chi connectivity index (χ1v) is 10.6. The number of nitrogens with zero attached hydrogens (tertiary/aromatic N) is 1. The molecule has 0 aliphatic carbocycles. The fraction of sp³-hybridized carbons (Fsp3) is 0.167. The Morgan fingerprint density at radius 1 is 1.09 bits per heavy atom. The minimum Gasteiger partial charge on any atom is -0.507 e. The first-order valence-electron chi connectivity index (χ1n) is 9.89. The van der Waals surface area contributed by atoms with Crippen LogP contribution in [0.2, 0.25) is 10.0 Å². The van der Waals surface area contributed by atoms with E-state index >= 15 is 0 Å². The summed E-state index contributed by atoms with van der Waals surface area (Å²) in [6.07, 6.45) is 1.49. The number of carbonyl (C=O) groups excluding carboxylic acids is 2. The molecule has 1 unspecified atom stereocenters. The smallest absolute Gasteiger partial charge is 0.296 e. The minimum atomic E-state index is -0.874. The van der Waals surface area contributed by atoms with E-state index in [1.165, 1.54) is 11.2 Å². The van der Waals surface area contributed by atoms with Gasteiger partial charge in [-0.05, 0) is 61.0 Å². The molecule has 1 aliphatic heterocycles. The number of amides is 1. The quantitative estimate of drug-likeness (QED) is 0.287. The number of halogens is 2. The van der Waals surface area contributed by atoms with Gasteiger partial charge in [-0.3, -0.25) is 9.59 Å². The van der Waals surface area contributed by atoms with Crippen molar-refractivity contribution in [2.24, 2.45) is 0 Å². The molecule has 2 heterocycles. The highest BCUT2D eigenvalue weighted by atomic mass is 35.5. The molecule has 1 aromatic heterocycles. The number of ketones is 1. The van der Waals surface area contributed by atoms with Crippen LogP contribution >= 0.6 is 23.2 Å².